The van der Waals surface area contributed by atoms with Gasteiger partial charge in [-0.2, -0.15) is 0 Å². The number of ketones is 2. The van der Waals surface area contributed by atoms with Gasteiger partial charge in [0.25, 0.3) is 0 Å². The highest BCUT2D eigenvalue weighted by Gasteiger charge is 2.43. The lowest BCUT2D eigenvalue weighted by Crippen LogP contribution is -2.23. The number of aliphatic hydroxyl groups is 1. The lowest BCUT2D eigenvalue weighted by atomic mass is 9.78. The van der Waals surface area contributed by atoms with Crippen molar-refractivity contribution in [1.82, 2.24) is 0 Å². The standard InChI is InChI=1S/C20H30O3/c1-5-7-9-10-11-15(21)13-17-18(14(3)4)16(12-8-6-2)19(22)20(17)23/h5-6,14,16,18,23H,1-2,7-13H2,3-4H3/t16-,18-/m1/s1. The van der Waals surface area contributed by atoms with Crippen LogP contribution in [0.15, 0.2) is 36.6 Å². The molecular weight excluding hydrogens is 288 g/mol. The number of allylic oxidation sites excluding steroid dienone is 4. The molecule has 0 saturated heterocycles. The number of rotatable bonds is 11. The first kappa shape index (κ1) is 19.4. The van der Waals surface area contributed by atoms with E-state index in [2.05, 4.69) is 13.2 Å². The van der Waals surface area contributed by atoms with Crippen molar-refractivity contribution in [1.29, 1.82) is 0 Å². The van der Waals surface area contributed by atoms with Crippen LogP contribution in [0.4, 0.5) is 0 Å². The Bertz CT molecular complexity index is 485. The summed E-state index contributed by atoms with van der Waals surface area (Å²) in [7, 11) is 0. The van der Waals surface area contributed by atoms with Gasteiger partial charge in [-0.25, -0.2) is 0 Å². The number of hydrogen-bond donors (Lipinski definition) is 1. The molecule has 23 heavy (non-hydrogen) atoms. The molecule has 1 aliphatic rings. The minimum absolute atomic E-state index is 0.0282. The van der Waals surface area contributed by atoms with Gasteiger partial charge < -0.3 is 5.11 Å². The van der Waals surface area contributed by atoms with Crippen LogP contribution in [0.2, 0.25) is 0 Å². The van der Waals surface area contributed by atoms with Gasteiger partial charge in [-0.3, -0.25) is 9.59 Å². The van der Waals surface area contributed by atoms with E-state index in [1.165, 1.54) is 0 Å². The topological polar surface area (TPSA) is 54.4 Å². The van der Waals surface area contributed by atoms with E-state index in [9.17, 15) is 14.7 Å². The highest BCUT2D eigenvalue weighted by Crippen LogP contribution is 2.42. The predicted octanol–water partition coefficient (Wildman–Crippen LogP) is 4.94. The molecule has 0 bridgehead atoms. The van der Waals surface area contributed by atoms with Gasteiger partial charge in [0.1, 0.15) is 5.78 Å². The second kappa shape index (κ2) is 9.49. The van der Waals surface area contributed by atoms with Gasteiger partial charge in [-0.15, -0.1) is 13.2 Å². The Morgan fingerprint density at radius 1 is 1.22 bits per heavy atom. The Labute approximate surface area is 140 Å². The molecule has 3 nitrogen and oxygen atoms in total. The Balaban J connectivity index is 2.77. The van der Waals surface area contributed by atoms with Crippen LogP contribution in [0, 0.1) is 17.8 Å². The molecule has 0 radical (unpaired) electrons. The van der Waals surface area contributed by atoms with Crippen LogP contribution < -0.4 is 0 Å². The van der Waals surface area contributed by atoms with Crippen LogP contribution in [0.5, 0.6) is 0 Å². The van der Waals surface area contributed by atoms with Crippen LogP contribution >= 0.6 is 0 Å². The van der Waals surface area contributed by atoms with E-state index >= 15 is 0 Å². The summed E-state index contributed by atoms with van der Waals surface area (Å²) < 4.78 is 0. The van der Waals surface area contributed by atoms with E-state index in [0.717, 1.165) is 25.7 Å². The maximum Gasteiger partial charge on any atom is 0.200 e. The number of aliphatic hydroxyl groups excluding tert-OH is 1. The Morgan fingerprint density at radius 2 is 1.87 bits per heavy atom. The smallest absolute Gasteiger partial charge is 0.200 e. The van der Waals surface area contributed by atoms with E-state index in [0.29, 0.717) is 18.4 Å². The molecule has 3 heteroatoms. The minimum atomic E-state index is -0.212. The van der Waals surface area contributed by atoms with Crippen LogP contribution in [-0.2, 0) is 9.59 Å². The van der Waals surface area contributed by atoms with Gasteiger partial charge in [0.05, 0.1) is 0 Å². The van der Waals surface area contributed by atoms with Gasteiger partial charge in [-0.05, 0) is 49.5 Å². The number of Topliss-reactive ketones (excluding diaryl/α,β-unsaturated/α-hetero) is 2. The summed E-state index contributed by atoms with van der Waals surface area (Å²) in [5.41, 5.74) is 0.660. The van der Waals surface area contributed by atoms with Crippen molar-refractivity contribution in [2.75, 3.05) is 0 Å². The van der Waals surface area contributed by atoms with Gasteiger partial charge in [0.2, 0.25) is 5.78 Å². The summed E-state index contributed by atoms with van der Waals surface area (Å²) in [4.78, 5) is 24.6. The van der Waals surface area contributed by atoms with E-state index in [1.54, 1.807) is 6.08 Å². The maximum atomic E-state index is 12.4. The molecule has 0 aromatic rings. The summed E-state index contributed by atoms with van der Waals surface area (Å²) in [5.74, 6) is -0.256. The molecule has 1 N–H and O–H groups in total. The summed E-state index contributed by atoms with van der Waals surface area (Å²) >= 11 is 0. The minimum Gasteiger partial charge on any atom is -0.504 e. The van der Waals surface area contributed by atoms with E-state index in [-0.39, 0.29) is 41.5 Å². The highest BCUT2D eigenvalue weighted by atomic mass is 16.3. The Hall–Kier alpha value is -1.64. The summed E-state index contributed by atoms with van der Waals surface area (Å²) in [6, 6.07) is 0. The van der Waals surface area contributed by atoms with Gasteiger partial charge in [0, 0.05) is 18.8 Å². The molecule has 1 rings (SSSR count). The lowest BCUT2D eigenvalue weighted by Gasteiger charge is -2.24. The summed E-state index contributed by atoms with van der Waals surface area (Å²) in [5, 5.41) is 10.2. The van der Waals surface area contributed by atoms with Crippen molar-refractivity contribution in [2.45, 2.75) is 58.8 Å². The third-order valence-corrected chi connectivity index (χ3v) is 4.61. The first-order chi connectivity index (χ1) is 10.9. The first-order valence-corrected chi connectivity index (χ1v) is 8.63. The van der Waals surface area contributed by atoms with Crippen molar-refractivity contribution < 1.29 is 14.7 Å². The van der Waals surface area contributed by atoms with Crippen LogP contribution in [0.3, 0.4) is 0 Å². The zero-order valence-corrected chi connectivity index (χ0v) is 14.5. The van der Waals surface area contributed by atoms with Gasteiger partial charge >= 0.3 is 0 Å². The van der Waals surface area contributed by atoms with E-state index in [1.807, 2.05) is 19.9 Å². The first-order valence-electron chi connectivity index (χ1n) is 8.63. The molecule has 0 spiro atoms. The van der Waals surface area contributed by atoms with E-state index < -0.39 is 0 Å². The molecule has 0 heterocycles. The van der Waals surface area contributed by atoms with Gasteiger partial charge in [0.15, 0.2) is 5.76 Å². The lowest BCUT2D eigenvalue weighted by molar-refractivity contribution is -0.122. The molecule has 0 aromatic heterocycles. The van der Waals surface area contributed by atoms with Crippen molar-refractivity contribution >= 4 is 11.6 Å². The quantitative estimate of drug-likeness (QED) is 0.433. The fourth-order valence-corrected chi connectivity index (χ4v) is 3.49. The number of hydrogen-bond acceptors (Lipinski definition) is 3. The van der Waals surface area contributed by atoms with E-state index in [4.69, 9.17) is 0 Å². The number of unbranched alkanes of at least 4 members (excludes halogenated alkanes) is 2. The number of carbonyl (C=O) groups is 2. The van der Waals surface area contributed by atoms with Crippen molar-refractivity contribution in [3.05, 3.63) is 36.6 Å². The molecule has 0 fully saturated rings. The SMILES string of the molecule is C=CCCCCC(=O)CC1=C(O)C(=O)[C@H](CCC=C)[C@H]1C(C)C. The fraction of sp³-hybridized carbons (Fsp3) is 0.600. The molecule has 2 atom stereocenters. The predicted molar refractivity (Wildman–Crippen MR) is 94.2 cm³/mol. The molecular formula is C20H30O3. The summed E-state index contributed by atoms with van der Waals surface area (Å²) in [6.07, 6.45) is 8.49. The highest BCUT2D eigenvalue weighted by molar-refractivity contribution is 6.00. The largest absolute Gasteiger partial charge is 0.504 e. The third kappa shape index (κ3) is 5.19. The Morgan fingerprint density at radius 3 is 2.43 bits per heavy atom. The second-order valence-electron chi connectivity index (χ2n) is 6.73. The van der Waals surface area contributed by atoms with Crippen molar-refractivity contribution in [3.63, 3.8) is 0 Å². The number of carbonyl (C=O) groups excluding carboxylic acids is 2. The van der Waals surface area contributed by atoms with Crippen LogP contribution in [-0.4, -0.2) is 16.7 Å². The monoisotopic (exact) mass is 318 g/mol. The van der Waals surface area contributed by atoms with Gasteiger partial charge in [-0.1, -0.05) is 26.0 Å². The van der Waals surface area contributed by atoms with Crippen molar-refractivity contribution in [2.24, 2.45) is 17.8 Å². The normalized spacial score (nSPS) is 21.1. The molecule has 0 unspecified atom stereocenters. The van der Waals surface area contributed by atoms with Crippen LogP contribution in [0.1, 0.15) is 58.8 Å². The summed E-state index contributed by atoms with van der Waals surface area (Å²) in [6.45, 7) is 11.5. The average molecular weight is 318 g/mol. The zero-order chi connectivity index (χ0) is 17.4. The molecule has 0 saturated carbocycles. The average Bonchev–Trinajstić information content (AvgIpc) is 2.74. The molecule has 0 aliphatic heterocycles. The molecule has 128 valence electrons. The fourth-order valence-electron chi connectivity index (χ4n) is 3.49. The molecule has 0 amide bonds. The second-order valence-corrected chi connectivity index (χ2v) is 6.73. The van der Waals surface area contributed by atoms with Crippen LogP contribution in [0.25, 0.3) is 0 Å². The molecule has 1 aliphatic carbocycles. The molecule has 0 aromatic carbocycles. The zero-order valence-electron chi connectivity index (χ0n) is 14.5. The maximum absolute atomic E-state index is 12.4. The van der Waals surface area contributed by atoms with Crippen molar-refractivity contribution in [3.8, 4) is 0 Å². The Kier molecular flexibility index (Phi) is 8.01. The third-order valence-electron chi connectivity index (χ3n) is 4.61.